The standard InChI is InChI=1S/C12H12O5/c1-7-3-4-9(13)8(5-7)10(14)6-11(15)12(16)17-2/h3-5,13H,6H2,1-2H3. The number of carbonyl (C=O) groups excluding carboxylic acids is 3. The number of methoxy groups -OCH3 is 1. The molecule has 0 aromatic heterocycles. The molecular formula is C12H12O5. The second-order valence-corrected chi connectivity index (χ2v) is 3.54. The second kappa shape index (κ2) is 5.25. The molecule has 1 N–H and O–H groups in total. The molecule has 0 aliphatic rings. The summed E-state index contributed by atoms with van der Waals surface area (Å²) in [5.41, 5.74) is 0.805. The molecule has 0 heterocycles. The molecule has 0 saturated carbocycles. The topological polar surface area (TPSA) is 80.7 Å². The van der Waals surface area contributed by atoms with Crippen molar-refractivity contribution in [2.24, 2.45) is 0 Å². The summed E-state index contributed by atoms with van der Waals surface area (Å²) >= 11 is 0. The second-order valence-electron chi connectivity index (χ2n) is 3.54. The molecule has 1 rings (SSSR count). The van der Waals surface area contributed by atoms with Crippen LogP contribution in [0.5, 0.6) is 5.75 Å². The predicted molar refractivity (Wildman–Crippen MR) is 58.8 cm³/mol. The van der Waals surface area contributed by atoms with Crippen molar-refractivity contribution in [1.29, 1.82) is 0 Å². The molecule has 5 nitrogen and oxygen atoms in total. The van der Waals surface area contributed by atoms with Gasteiger partial charge in [-0.15, -0.1) is 0 Å². The van der Waals surface area contributed by atoms with E-state index >= 15 is 0 Å². The van der Waals surface area contributed by atoms with Crippen LogP contribution in [0.4, 0.5) is 0 Å². The third-order valence-electron chi connectivity index (χ3n) is 2.19. The first-order valence-electron chi connectivity index (χ1n) is 4.89. The van der Waals surface area contributed by atoms with Crippen LogP contribution in [-0.4, -0.2) is 29.8 Å². The molecule has 0 unspecified atom stereocenters. The Morgan fingerprint density at radius 2 is 1.94 bits per heavy atom. The first kappa shape index (κ1) is 12.9. The van der Waals surface area contributed by atoms with Crippen LogP contribution in [0.1, 0.15) is 22.3 Å². The number of Topliss-reactive ketones (excluding diaryl/α,β-unsaturated/α-hetero) is 2. The number of aromatic hydroxyl groups is 1. The van der Waals surface area contributed by atoms with Gasteiger partial charge in [0.05, 0.1) is 19.1 Å². The average Bonchev–Trinajstić information content (AvgIpc) is 2.30. The number of benzene rings is 1. The highest BCUT2D eigenvalue weighted by atomic mass is 16.5. The molecule has 0 aliphatic carbocycles. The molecule has 1 aromatic carbocycles. The van der Waals surface area contributed by atoms with E-state index in [1.165, 1.54) is 12.1 Å². The molecule has 0 atom stereocenters. The lowest BCUT2D eigenvalue weighted by Crippen LogP contribution is -2.19. The third kappa shape index (κ3) is 3.14. The number of hydrogen-bond acceptors (Lipinski definition) is 5. The maximum atomic E-state index is 11.7. The van der Waals surface area contributed by atoms with Crippen LogP contribution in [0.15, 0.2) is 18.2 Å². The molecule has 0 radical (unpaired) electrons. The lowest BCUT2D eigenvalue weighted by atomic mass is 10.0. The van der Waals surface area contributed by atoms with Crippen molar-refractivity contribution in [3.8, 4) is 5.75 Å². The Kier molecular flexibility index (Phi) is 3.98. The van der Waals surface area contributed by atoms with Gasteiger partial charge in [-0.1, -0.05) is 11.6 Å². The molecule has 0 fully saturated rings. The molecule has 1 aromatic rings. The maximum Gasteiger partial charge on any atom is 0.374 e. The monoisotopic (exact) mass is 236 g/mol. The van der Waals surface area contributed by atoms with E-state index in [-0.39, 0.29) is 11.3 Å². The predicted octanol–water partition coefficient (Wildman–Crippen LogP) is 1.02. The molecule has 0 spiro atoms. The van der Waals surface area contributed by atoms with Crippen LogP contribution in [0.2, 0.25) is 0 Å². The Bertz CT molecular complexity index is 476. The van der Waals surface area contributed by atoms with E-state index < -0.39 is 24.0 Å². The minimum absolute atomic E-state index is 0.0299. The van der Waals surface area contributed by atoms with E-state index in [2.05, 4.69) is 4.74 Å². The zero-order valence-corrected chi connectivity index (χ0v) is 9.52. The molecule has 5 heteroatoms. The van der Waals surface area contributed by atoms with Gasteiger partial charge in [-0.2, -0.15) is 0 Å². The van der Waals surface area contributed by atoms with Crippen molar-refractivity contribution < 1.29 is 24.2 Å². The average molecular weight is 236 g/mol. The summed E-state index contributed by atoms with van der Waals surface area (Å²) in [7, 11) is 1.06. The summed E-state index contributed by atoms with van der Waals surface area (Å²) in [5, 5.41) is 9.47. The van der Waals surface area contributed by atoms with Crippen LogP contribution < -0.4 is 0 Å². The minimum Gasteiger partial charge on any atom is -0.507 e. The number of ether oxygens (including phenoxy) is 1. The van der Waals surface area contributed by atoms with Crippen LogP contribution in [0.3, 0.4) is 0 Å². The van der Waals surface area contributed by atoms with Gasteiger partial charge in [-0.05, 0) is 19.1 Å². The fourth-order valence-corrected chi connectivity index (χ4v) is 1.30. The number of rotatable bonds is 4. The van der Waals surface area contributed by atoms with Crippen LogP contribution in [0, 0.1) is 6.92 Å². The van der Waals surface area contributed by atoms with E-state index in [4.69, 9.17) is 0 Å². The lowest BCUT2D eigenvalue weighted by molar-refractivity contribution is -0.151. The molecular weight excluding hydrogens is 224 g/mol. The van der Waals surface area contributed by atoms with E-state index in [9.17, 15) is 19.5 Å². The van der Waals surface area contributed by atoms with Crippen LogP contribution in [0.25, 0.3) is 0 Å². The number of phenolic OH excluding ortho intramolecular Hbond substituents is 1. The van der Waals surface area contributed by atoms with Crippen molar-refractivity contribution in [2.45, 2.75) is 13.3 Å². The summed E-state index contributed by atoms with van der Waals surface area (Å²) in [4.78, 5) is 33.7. The number of carbonyl (C=O) groups is 3. The highest BCUT2D eigenvalue weighted by Crippen LogP contribution is 2.19. The molecule has 0 saturated heterocycles. The van der Waals surface area contributed by atoms with Gasteiger partial charge in [0.25, 0.3) is 0 Å². The van der Waals surface area contributed by atoms with Crippen molar-refractivity contribution in [1.82, 2.24) is 0 Å². The Morgan fingerprint density at radius 3 is 2.53 bits per heavy atom. The van der Waals surface area contributed by atoms with Gasteiger partial charge in [0.2, 0.25) is 5.78 Å². The maximum absolute atomic E-state index is 11.7. The summed E-state index contributed by atoms with van der Waals surface area (Å²) < 4.78 is 4.20. The highest BCUT2D eigenvalue weighted by molar-refractivity contribution is 6.38. The summed E-state index contributed by atoms with van der Waals surface area (Å²) in [5.74, 6) is -2.82. The molecule has 0 bridgehead atoms. The van der Waals surface area contributed by atoms with E-state index in [1.54, 1.807) is 13.0 Å². The largest absolute Gasteiger partial charge is 0.507 e. The zero-order chi connectivity index (χ0) is 13.0. The fraction of sp³-hybridized carbons (Fsp3) is 0.250. The Hall–Kier alpha value is -2.17. The number of esters is 1. The first-order chi connectivity index (χ1) is 7.95. The van der Waals surface area contributed by atoms with Crippen LogP contribution in [-0.2, 0) is 14.3 Å². The van der Waals surface area contributed by atoms with Gasteiger partial charge in [0.15, 0.2) is 5.78 Å². The summed E-state index contributed by atoms with van der Waals surface area (Å²) in [6, 6.07) is 4.46. The van der Waals surface area contributed by atoms with Crippen LogP contribution >= 0.6 is 0 Å². The Balaban J connectivity index is 2.87. The molecule has 90 valence electrons. The number of aryl methyl sites for hydroxylation is 1. The number of hydrogen-bond donors (Lipinski definition) is 1. The molecule has 17 heavy (non-hydrogen) atoms. The normalized spacial score (nSPS) is 9.76. The van der Waals surface area contributed by atoms with Crippen molar-refractivity contribution in [3.63, 3.8) is 0 Å². The van der Waals surface area contributed by atoms with Gasteiger partial charge < -0.3 is 9.84 Å². The smallest absolute Gasteiger partial charge is 0.374 e. The highest BCUT2D eigenvalue weighted by Gasteiger charge is 2.21. The van der Waals surface area contributed by atoms with E-state index in [1.807, 2.05) is 0 Å². The third-order valence-corrected chi connectivity index (χ3v) is 2.19. The Labute approximate surface area is 98.0 Å². The minimum atomic E-state index is -1.06. The number of ketones is 2. The lowest BCUT2D eigenvalue weighted by Gasteiger charge is -2.04. The summed E-state index contributed by atoms with van der Waals surface area (Å²) in [6.07, 6.45) is -0.607. The molecule has 0 amide bonds. The van der Waals surface area contributed by atoms with E-state index in [0.29, 0.717) is 0 Å². The van der Waals surface area contributed by atoms with Gasteiger partial charge in [-0.25, -0.2) is 4.79 Å². The first-order valence-corrected chi connectivity index (χ1v) is 4.89. The Morgan fingerprint density at radius 1 is 1.29 bits per heavy atom. The van der Waals surface area contributed by atoms with Gasteiger partial charge in [-0.3, -0.25) is 9.59 Å². The van der Waals surface area contributed by atoms with Gasteiger partial charge >= 0.3 is 5.97 Å². The fourth-order valence-electron chi connectivity index (χ4n) is 1.30. The zero-order valence-electron chi connectivity index (χ0n) is 9.52. The number of phenols is 1. The molecule has 0 aliphatic heterocycles. The van der Waals surface area contributed by atoms with Crippen molar-refractivity contribution >= 4 is 17.5 Å². The quantitative estimate of drug-likeness (QED) is 0.365. The van der Waals surface area contributed by atoms with Gasteiger partial charge in [0.1, 0.15) is 5.75 Å². The van der Waals surface area contributed by atoms with E-state index in [0.717, 1.165) is 12.7 Å². The SMILES string of the molecule is COC(=O)C(=O)CC(=O)c1cc(C)ccc1O. The van der Waals surface area contributed by atoms with Crippen molar-refractivity contribution in [2.75, 3.05) is 7.11 Å². The van der Waals surface area contributed by atoms with Gasteiger partial charge in [0, 0.05) is 0 Å². The summed E-state index contributed by atoms with van der Waals surface area (Å²) in [6.45, 7) is 1.75. The van der Waals surface area contributed by atoms with Crippen molar-refractivity contribution in [3.05, 3.63) is 29.3 Å².